The molecule has 1 saturated carbocycles. The Labute approximate surface area is 214 Å². The van der Waals surface area contributed by atoms with E-state index in [1.54, 1.807) is 0 Å². The lowest BCUT2D eigenvalue weighted by Gasteiger charge is -2.35. The van der Waals surface area contributed by atoms with Crippen LogP contribution in [-0.4, -0.2) is 23.9 Å². The van der Waals surface area contributed by atoms with Crippen LogP contribution in [-0.2, 0) is 11.8 Å². The molecule has 0 aromatic heterocycles. The number of aliphatic hydroxyl groups is 1. The molecule has 194 valence electrons. The van der Waals surface area contributed by atoms with Crippen LogP contribution >= 0.6 is 0 Å². The molecule has 3 heteroatoms. The molecule has 0 spiro atoms. The van der Waals surface area contributed by atoms with Crippen molar-refractivity contribution in [3.05, 3.63) is 64.2 Å². The van der Waals surface area contributed by atoms with E-state index in [9.17, 15) is 5.11 Å². The van der Waals surface area contributed by atoms with Crippen molar-refractivity contribution in [2.45, 2.75) is 116 Å². The van der Waals surface area contributed by atoms with Gasteiger partial charge in [0.15, 0.2) is 0 Å². The fourth-order valence-corrected chi connectivity index (χ4v) is 6.05. The summed E-state index contributed by atoms with van der Waals surface area (Å²) in [5.74, 6) is 0.995. The average Bonchev–Trinajstić information content (AvgIpc) is 2.86. The van der Waals surface area contributed by atoms with Gasteiger partial charge in [0, 0.05) is 5.41 Å². The summed E-state index contributed by atoms with van der Waals surface area (Å²) in [7, 11) is 0. The second-order valence-corrected chi connectivity index (χ2v) is 10.9. The van der Waals surface area contributed by atoms with Crippen molar-refractivity contribution in [1.82, 2.24) is 0 Å². The van der Waals surface area contributed by atoms with Gasteiger partial charge in [0.05, 0.1) is 12.2 Å². The SMILES string of the molecule is CCC(CC)(c1ccc(CCC2(O)CCCCC2)c(C)c1)c1ccc(OCCCCCN)c(C)c1. The number of hydrogen-bond acceptors (Lipinski definition) is 3. The monoisotopic (exact) mass is 479 g/mol. The van der Waals surface area contributed by atoms with Gasteiger partial charge in [0.25, 0.3) is 0 Å². The summed E-state index contributed by atoms with van der Waals surface area (Å²) in [5.41, 5.74) is 11.8. The summed E-state index contributed by atoms with van der Waals surface area (Å²) >= 11 is 0. The molecule has 0 radical (unpaired) electrons. The van der Waals surface area contributed by atoms with Crippen LogP contribution < -0.4 is 10.5 Å². The van der Waals surface area contributed by atoms with E-state index in [4.69, 9.17) is 10.5 Å². The molecule has 0 atom stereocenters. The van der Waals surface area contributed by atoms with Crippen LogP contribution in [0.5, 0.6) is 5.75 Å². The molecular weight excluding hydrogens is 430 g/mol. The molecule has 0 saturated heterocycles. The van der Waals surface area contributed by atoms with E-state index >= 15 is 0 Å². The van der Waals surface area contributed by atoms with Gasteiger partial charge in [-0.2, -0.15) is 0 Å². The Hall–Kier alpha value is -1.84. The molecule has 3 rings (SSSR count). The van der Waals surface area contributed by atoms with Gasteiger partial charge in [-0.25, -0.2) is 0 Å². The molecule has 3 nitrogen and oxygen atoms in total. The maximum absolute atomic E-state index is 11.0. The first-order valence-electron chi connectivity index (χ1n) is 14.1. The normalized spacial score (nSPS) is 15.8. The molecule has 0 amide bonds. The largest absolute Gasteiger partial charge is 0.493 e. The van der Waals surface area contributed by atoms with Crippen LogP contribution in [0.15, 0.2) is 36.4 Å². The van der Waals surface area contributed by atoms with Crippen molar-refractivity contribution in [3.8, 4) is 5.75 Å². The van der Waals surface area contributed by atoms with Crippen molar-refractivity contribution in [1.29, 1.82) is 0 Å². The Morgan fingerprint density at radius 1 is 0.886 bits per heavy atom. The summed E-state index contributed by atoms with van der Waals surface area (Å²) in [6, 6.07) is 13.9. The lowest BCUT2D eigenvalue weighted by Crippen LogP contribution is -2.31. The van der Waals surface area contributed by atoms with Crippen LogP contribution in [0.2, 0.25) is 0 Å². The summed E-state index contributed by atoms with van der Waals surface area (Å²) in [6.45, 7) is 10.5. The number of benzene rings is 2. The molecule has 2 aromatic rings. The molecule has 0 unspecified atom stereocenters. The van der Waals surface area contributed by atoms with Crippen molar-refractivity contribution >= 4 is 0 Å². The van der Waals surface area contributed by atoms with Crippen LogP contribution in [0.4, 0.5) is 0 Å². The summed E-state index contributed by atoms with van der Waals surface area (Å²) < 4.78 is 6.08. The van der Waals surface area contributed by atoms with E-state index in [-0.39, 0.29) is 5.41 Å². The molecule has 1 fully saturated rings. The van der Waals surface area contributed by atoms with Crippen molar-refractivity contribution in [2.75, 3.05) is 13.2 Å². The minimum absolute atomic E-state index is 0.00469. The van der Waals surface area contributed by atoms with E-state index in [0.29, 0.717) is 0 Å². The van der Waals surface area contributed by atoms with Gasteiger partial charge in [-0.3, -0.25) is 0 Å². The minimum atomic E-state index is -0.453. The Bertz CT molecular complexity index is 925. The van der Waals surface area contributed by atoms with Gasteiger partial charge in [-0.05, 0) is 112 Å². The van der Waals surface area contributed by atoms with Gasteiger partial charge < -0.3 is 15.6 Å². The molecule has 0 bridgehead atoms. The molecule has 2 aromatic carbocycles. The van der Waals surface area contributed by atoms with Crippen molar-refractivity contribution in [2.24, 2.45) is 5.73 Å². The third-order valence-corrected chi connectivity index (χ3v) is 8.58. The number of aryl methyl sites for hydroxylation is 3. The maximum atomic E-state index is 11.0. The van der Waals surface area contributed by atoms with E-state index in [0.717, 1.165) is 76.7 Å². The number of rotatable bonds is 13. The predicted molar refractivity (Wildman–Crippen MR) is 148 cm³/mol. The quantitative estimate of drug-likeness (QED) is 0.292. The molecule has 0 aliphatic heterocycles. The first-order chi connectivity index (χ1) is 16.9. The van der Waals surface area contributed by atoms with Gasteiger partial charge in [-0.1, -0.05) is 63.4 Å². The number of nitrogens with two attached hydrogens (primary N) is 1. The molecule has 1 aliphatic carbocycles. The number of ether oxygens (including phenoxy) is 1. The standard InChI is InChI=1S/C32H49NO2/c1-5-32(6-2,29-15-16-30(26(4)24-29)35-22-12-8-11-21-33)28-14-13-27(25(3)23-28)17-20-31(34)18-9-7-10-19-31/h13-16,23-24,34H,5-12,17-22,33H2,1-4H3. The third kappa shape index (κ3) is 6.89. The van der Waals surface area contributed by atoms with E-state index in [1.165, 1.54) is 47.1 Å². The highest BCUT2D eigenvalue weighted by atomic mass is 16.5. The molecule has 3 N–H and O–H groups in total. The highest BCUT2D eigenvalue weighted by Gasteiger charge is 2.32. The summed E-state index contributed by atoms with van der Waals surface area (Å²) in [4.78, 5) is 0. The van der Waals surface area contributed by atoms with E-state index < -0.39 is 5.60 Å². The smallest absolute Gasteiger partial charge is 0.122 e. The van der Waals surface area contributed by atoms with Crippen molar-refractivity contribution < 1.29 is 9.84 Å². The first kappa shape index (κ1) is 27.7. The van der Waals surface area contributed by atoms with Crippen LogP contribution in [0.25, 0.3) is 0 Å². The Balaban J connectivity index is 1.76. The van der Waals surface area contributed by atoms with Crippen molar-refractivity contribution in [3.63, 3.8) is 0 Å². The number of unbranched alkanes of at least 4 members (excludes halogenated alkanes) is 2. The van der Waals surface area contributed by atoms with Gasteiger partial charge in [0.2, 0.25) is 0 Å². The Morgan fingerprint density at radius 3 is 2.14 bits per heavy atom. The molecule has 35 heavy (non-hydrogen) atoms. The Morgan fingerprint density at radius 2 is 1.54 bits per heavy atom. The van der Waals surface area contributed by atoms with Gasteiger partial charge >= 0.3 is 0 Å². The zero-order valence-corrected chi connectivity index (χ0v) is 22.8. The van der Waals surface area contributed by atoms with Crippen LogP contribution in [0, 0.1) is 13.8 Å². The lowest BCUT2D eigenvalue weighted by atomic mass is 9.69. The van der Waals surface area contributed by atoms with E-state index in [2.05, 4.69) is 64.1 Å². The molecule has 1 aliphatic rings. The summed E-state index contributed by atoms with van der Waals surface area (Å²) in [5, 5.41) is 11.0. The highest BCUT2D eigenvalue weighted by molar-refractivity contribution is 5.47. The average molecular weight is 480 g/mol. The van der Waals surface area contributed by atoms with Gasteiger partial charge in [0.1, 0.15) is 5.75 Å². The zero-order valence-electron chi connectivity index (χ0n) is 22.8. The maximum Gasteiger partial charge on any atom is 0.122 e. The predicted octanol–water partition coefficient (Wildman–Crippen LogP) is 7.55. The minimum Gasteiger partial charge on any atom is -0.493 e. The van der Waals surface area contributed by atoms with Gasteiger partial charge in [-0.15, -0.1) is 0 Å². The van der Waals surface area contributed by atoms with Crippen LogP contribution in [0.1, 0.15) is 112 Å². The zero-order chi connectivity index (χ0) is 25.3. The van der Waals surface area contributed by atoms with E-state index in [1.807, 2.05) is 0 Å². The summed E-state index contributed by atoms with van der Waals surface area (Å²) in [6.07, 6.45) is 12.7. The lowest BCUT2D eigenvalue weighted by molar-refractivity contribution is -0.00344. The third-order valence-electron chi connectivity index (χ3n) is 8.58. The fraction of sp³-hybridized carbons (Fsp3) is 0.625. The second-order valence-electron chi connectivity index (χ2n) is 10.9. The fourth-order valence-electron chi connectivity index (χ4n) is 6.05. The Kier molecular flexibility index (Phi) is 10.2. The number of hydrogen-bond donors (Lipinski definition) is 2. The molecular formula is C32H49NO2. The molecule has 0 heterocycles. The van der Waals surface area contributed by atoms with Crippen LogP contribution in [0.3, 0.4) is 0 Å². The second kappa shape index (κ2) is 12.9. The topological polar surface area (TPSA) is 55.5 Å². The first-order valence-corrected chi connectivity index (χ1v) is 14.1. The highest BCUT2D eigenvalue weighted by Crippen LogP contribution is 2.41.